The molecule has 9 nitrogen and oxygen atoms in total. The average molecular weight is 638 g/mol. The zero-order valence-corrected chi connectivity index (χ0v) is 26.0. The van der Waals surface area contributed by atoms with E-state index in [2.05, 4.69) is 25.3 Å². The van der Waals surface area contributed by atoms with E-state index in [-0.39, 0.29) is 22.9 Å². The number of hydrogen-bond acceptors (Lipinski definition) is 7. The smallest absolute Gasteiger partial charge is 0.258 e. The average Bonchev–Trinajstić information content (AvgIpc) is 3.43. The van der Waals surface area contributed by atoms with E-state index in [9.17, 15) is 18.0 Å². The number of rotatable bonds is 10. The Kier molecular flexibility index (Phi) is 9.11. The first-order valence-corrected chi connectivity index (χ1v) is 16.9. The molecule has 0 aliphatic heterocycles. The number of fused-ring (bicyclic) bond motifs is 1. The maximum atomic E-state index is 13.7. The lowest BCUT2D eigenvalue weighted by molar-refractivity contribution is 0.102. The standard InChI is InChI=1S/C34H31N5O4S2/c40-32(26-6-3-7-28(20-26)45(42,43)37-22-25-5-4-16-36-21-25)39-34-31(29-8-1-2-9-30(29)44-34)33(41)38-27-12-10-23(11-13-27)19-24-14-17-35-18-15-24/h3-7,10-18,20-21,37H,1-2,8-9,19,22H2,(H,38,41)(H,39,40). The van der Waals surface area contributed by atoms with Crippen molar-refractivity contribution in [1.82, 2.24) is 14.7 Å². The Morgan fingerprint density at radius 1 is 0.778 bits per heavy atom. The van der Waals surface area contributed by atoms with Crippen LogP contribution in [0.1, 0.15) is 60.7 Å². The van der Waals surface area contributed by atoms with E-state index in [1.807, 2.05) is 36.4 Å². The quantitative estimate of drug-likeness (QED) is 0.173. The molecule has 3 heterocycles. The van der Waals surface area contributed by atoms with Crippen molar-refractivity contribution in [2.24, 2.45) is 0 Å². The van der Waals surface area contributed by atoms with Gasteiger partial charge in [-0.05, 0) is 103 Å². The van der Waals surface area contributed by atoms with Gasteiger partial charge in [-0.2, -0.15) is 0 Å². The van der Waals surface area contributed by atoms with Gasteiger partial charge in [-0.3, -0.25) is 19.6 Å². The molecule has 3 aromatic heterocycles. The summed E-state index contributed by atoms with van der Waals surface area (Å²) in [5.74, 6) is -0.782. The highest BCUT2D eigenvalue weighted by Crippen LogP contribution is 2.39. The van der Waals surface area contributed by atoms with Crippen LogP contribution in [0.15, 0.2) is 102 Å². The van der Waals surface area contributed by atoms with Crippen molar-refractivity contribution in [2.45, 2.75) is 43.5 Å². The lowest BCUT2D eigenvalue weighted by Gasteiger charge is -2.14. The summed E-state index contributed by atoms with van der Waals surface area (Å²) in [5, 5.41) is 6.38. The van der Waals surface area contributed by atoms with Gasteiger partial charge in [0, 0.05) is 47.5 Å². The number of nitrogens with one attached hydrogen (secondary N) is 3. The molecule has 2 aromatic carbocycles. The van der Waals surface area contributed by atoms with E-state index in [1.165, 1.54) is 29.5 Å². The first kappa shape index (κ1) is 30.3. The molecule has 0 spiro atoms. The molecule has 0 saturated carbocycles. The molecule has 0 atom stereocenters. The summed E-state index contributed by atoms with van der Waals surface area (Å²) >= 11 is 1.41. The van der Waals surface area contributed by atoms with Crippen LogP contribution in [0.5, 0.6) is 0 Å². The number of pyridine rings is 2. The number of thiophene rings is 1. The number of sulfonamides is 1. The van der Waals surface area contributed by atoms with E-state index in [4.69, 9.17) is 0 Å². The minimum absolute atomic E-state index is 0.0325. The van der Waals surface area contributed by atoms with Crippen LogP contribution in [0.2, 0.25) is 0 Å². The Bertz CT molecular complexity index is 1930. The van der Waals surface area contributed by atoms with Crippen molar-refractivity contribution in [3.63, 3.8) is 0 Å². The summed E-state index contributed by atoms with van der Waals surface area (Å²) < 4.78 is 28.5. The first-order chi connectivity index (χ1) is 21.9. The van der Waals surface area contributed by atoms with Gasteiger partial charge in [-0.15, -0.1) is 11.3 Å². The normalized spacial score (nSPS) is 12.7. The van der Waals surface area contributed by atoms with Crippen LogP contribution in [0.3, 0.4) is 0 Å². The summed E-state index contributed by atoms with van der Waals surface area (Å²) in [7, 11) is -3.89. The highest BCUT2D eigenvalue weighted by Gasteiger charge is 2.27. The van der Waals surface area contributed by atoms with Crippen molar-refractivity contribution in [1.29, 1.82) is 0 Å². The number of aromatic nitrogens is 2. The Labute approximate surface area is 265 Å². The number of carbonyl (C=O) groups excluding carboxylic acids is 2. The molecule has 1 aliphatic carbocycles. The number of aryl methyl sites for hydroxylation is 1. The van der Waals surface area contributed by atoms with Gasteiger partial charge in [0.15, 0.2) is 0 Å². The van der Waals surface area contributed by atoms with Gasteiger partial charge in [0.2, 0.25) is 10.0 Å². The van der Waals surface area contributed by atoms with E-state index < -0.39 is 15.9 Å². The predicted octanol–water partition coefficient (Wildman–Crippen LogP) is 5.99. The van der Waals surface area contributed by atoms with Crippen LogP contribution in [-0.4, -0.2) is 30.2 Å². The van der Waals surface area contributed by atoms with Crippen LogP contribution in [0.4, 0.5) is 10.7 Å². The molecule has 0 radical (unpaired) electrons. The number of carbonyl (C=O) groups is 2. The van der Waals surface area contributed by atoms with Gasteiger partial charge in [0.1, 0.15) is 5.00 Å². The van der Waals surface area contributed by atoms with Gasteiger partial charge in [0.05, 0.1) is 10.5 Å². The molecule has 11 heteroatoms. The topological polar surface area (TPSA) is 130 Å². The Morgan fingerprint density at radius 3 is 2.33 bits per heavy atom. The van der Waals surface area contributed by atoms with E-state index in [1.54, 1.807) is 43.0 Å². The summed E-state index contributed by atoms with van der Waals surface area (Å²) in [4.78, 5) is 36.2. The Balaban J connectivity index is 1.18. The van der Waals surface area contributed by atoms with E-state index >= 15 is 0 Å². The molecule has 3 N–H and O–H groups in total. The van der Waals surface area contributed by atoms with Crippen LogP contribution < -0.4 is 15.4 Å². The van der Waals surface area contributed by atoms with Gasteiger partial charge < -0.3 is 10.6 Å². The Morgan fingerprint density at radius 2 is 1.56 bits per heavy atom. The summed E-state index contributed by atoms with van der Waals surface area (Å²) in [6.07, 6.45) is 11.1. The highest BCUT2D eigenvalue weighted by molar-refractivity contribution is 7.89. The van der Waals surface area contributed by atoms with Crippen molar-refractivity contribution < 1.29 is 18.0 Å². The molecule has 0 bridgehead atoms. The second-order valence-corrected chi connectivity index (χ2v) is 13.6. The van der Waals surface area contributed by atoms with Gasteiger partial charge in [-0.1, -0.05) is 24.3 Å². The largest absolute Gasteiger partial charge is 0.322 e. The number of amides is 2. The van der Waals surface area contributed by atoms with Gasteiger partial charge >= 0.3 is 0 Å². The molecule has 5 aromatic rings. The fourth-order valence-corrected chi connectivity index (χ4v) is 7.62. The summed E-state index contributed by atoms with van der Waals surface area (Å²) in [5.41, 5.74) is 5.22. The number of hydrogen-bond donors (Lipinski definition) is 3. The minimum atomic E-state index is -3.89. The predicted molar refractivity (Wildman–Crippen MR) is 175 cm³/mol. The zero-order chi connectivity index (χ0) is 31.2. The molecule has 228 valence electrons. The first-order valence-electron chi connectivity index (χ1n) is 14.6. The molecule has 1 aliphatic rings. The number of anilines is 2. The van der Waals surface area contributed by atoms with Crippen molar-refractivity contribution in [3.05, 3.63) is 136 Å². The van der Waals surface area contributed by atoms with Crippen LogP contribution >= 0.6 is 11.3 Å². The molecule has 0 fully saturated rings. The summed E-state index contributed by atoms with van der Waals surface area (Å²) in [6.45, 7) is 0.0687. The Hall–Kier alpha value is -4.71. The highest BCUT2D eigenvalue weighted by atomic mass is 32.2. The minimum Gasteiger partial charge on any atom is -0.322 e. The SMILES string of the molecule is O=C(Nc1sc2c(c1C(=O)Nc1ccc(Cc3ccncc3)cc1)CCCC2)c1cccc(S(=O)(=O)NCc2cccnc2)c1. The molecule has 2 amide bonds. The van der Waals surface area contributed by atoms with Crippen molar-refractivity contribution in [2.75, 3.05) is 10.6 Å². The summed E-state index contributed by atoms with van der Waals surface area (Å²) in [6, 6.07) is 21.0. The van der Waals surface area contributed by atoms with Crippen LogP contribution in [0.25, 0.3) is 0 Å². The maximum Gasteiger partial charge on any atom is 0.258 e. The number of benzene rings is 2. The van der Waals surface area contributed by atoms with Crippen LogP contribution in [-0.2, 0) is 35.8 Å². The lowest BCUT2D eigenvalue weighted by Crippen LogP contribution is -2.24. The van der Waals surface area contributed by atoms with Crippen LogP contribution in [0, 0.1) is 0 Å². The second kappa shape index (κ2) is 13.5. The fraction of sp³-hybridized carbons (Fsp3) is 0.176. The molecule has 0 saturated heterocycles. The molecular formula is C34H31N5O4S2. The molecule has 0 unspecified atom stereocenters. The second-order valence-electron chi connectivity index (χ2n) is 10.8. The maximum absolute atomic E-state index is 13.7. The zero-order valence-electron chi connectivity index (χ0n) is 24.3. The van der Waals surface area contributed by atoms with Crippen molar-refractivity contribution in [3.8, 4) is 0 Å². The molecule has 45 heavy (non-hydrogen) atoms. The fourth-order valence-electron chi connectivity index (χ4n) is 5.27. The lowest BCUT2D eigenvalue weighted by atomic mass is 9.95. The third-order valence-corrected chi connectivity index (χ3v) is 10.2. The third kappa shape index (κ3) is 7.34. The monoisotopic (exact) mass is 637 g/mol. The molecule has 6 rings (SSSR count). The van der Waals surface area contributed by atoms with Gasteiger partial charge in [-0.25, -0.2) is 13.1 Å². The van der Waals surface area contributed by atoms with Gasteiger partial charge in [0.25, 0.3) is 11.8 Å². The number of nitrogens with zero attached hydrogens (tertiary/aromatic N) is 2. The van der Waals surface area contributed by atoms with Crippen molar-refractivity contribution >= 4 is 43.9 Å². The van der Waals surface area contributed by atoms with E-state index in [0.29, 0.717) is 21.8 Å². The van der Waals surface area contributed by atoms with E-state index in [0.717, 1.165) is 53.7 Å². The third-order valence-electron chi connectivity index (χ3n) is 7.59. The molecular weight excluding hydrogens is 607 g/mol.